The van der Waals surface area contributed by atoms with Crippen LogP contribution in [0, 0.1) is 11.3 Å². The monoisotopic (exact) mass is 281 g/mol. The van der Waals surface area contributed by atoms with Gasteiger partial charge in [-0.1, -0.05) is 60.3 Å². The molecule has 1 heteroatoms. The van der Waals surface area contributed by atoms with Gasteiger partial charge in [-0.3, -0.25) is 0 Å². The highest BCUT2D eigenvalue weighted by molar-refractivity contribution is 4.86. The summed E-state index contributed by atoms with van der Waals surface area (Å²) in [5, 5.41) is 3.98. The van der Waals surface area contributed by atoms with Crippen molar-refractivity contribution in [3.8, 4) is 0 Å². The molecule has 1 saturated carbocycles. The maximum atomic E-state index is 3.98. The lowest BCUT2D eigenvalue weighted by Crippen LogP contribution is -2.42. The molecule has 1 aliphatic carbocycles. The first-order valence-corrected chi connectivity index (χ1v) is 9.29. The Hall–Kier alpha value is -0.0400. The summed E-state index contributed by atoms with van der Waals surface area (Å²) in [5.74, 6) is 0.950. The summed E-state index contributed by atoms with van der Waals surface area (Å²) in [6, 6.07) is 1.58. The van der Waals surface area contributed by atoms with E-state index in [0.29, 0.717) is 5.41 Å². The molecule has 1 atom stereocenters. The Morgan fingerprint density at radius 3 is 2.10 bits per heavy atom. The van der Waals surface area contributed by atoms with Crippen molar-refractivity contribution in [2.75, 3.05) is 0 Å². The molecule has 0 aromatic carbocycles. The fraction of sp³-hybridized carbons (Fsp3) is 1.00. The minimum atomic E-state index is 0.552. The van der Waals surface area contributed by atoms with Gasteiger partial charge in [-0.25, -0.2) is 0 Å². The topological polar surface area (TPSA) is 12.0 Å². The van der Waals surface area contributed by atoms with Gasteiger partial charge >= 0.3 is 0 Å². The van der Waals surface area contributed by atoms with Gasteiger partial charge in [0.05, 0.1) is 0 Å². The quantitative estimate of drug-likeness (QED) is 0.552. The van der Waals surface area contributed by atoms with Crippen LogP contribution >= 0.6 is 0 Å². The first kappa shape index (κ1) is 18.0. The van der Waals surface area contributed by atoms with Crippen LogP contribution in [0.25, 0.3) is 0 Å². The molecule has 1 unspecified atom stereocenters. The fourth-order valence-corrected chi connectivity index (χ4v) is 3.77. The van der Waals surface area contributed by atoms with Crippen molar-refractivity contribution in [3.05, 3.63) is 0 Å². The molecule has 0 spiro atoms. The first-order chi connectivity index (χ1) is 9.53. The zero-order chi connectivity index (χ0) is 15.0. The Kier molecular flexibility index (Phi) is 8.17. The highest BCUT2D eigenvalue weighted by atomic mass is 14.9. The van der Waals surface area contributed by atoms with E-state index in [0.717, 1.165) is 18.0 Å². The summed E-state index contributed by atoms with van der Waals surface area (Å²) in [6.45, 7) is 11.9. The van der Waals surface area contributed by atoms with E-state index in [1.54, 1.807) is 0 Å². The van der Waals surface area contributed by atoms with Crippen molar-refractivity contribution in [2.45, 2.75) is 111 Å². The van der Waals surface area contributed by atoms with Crippen LogP contribution in [0.15, 0.2) is 0 Å². The van der Waals surface area contributed by atoms with Gasteiger partial charge < -0.3 is 5.32 Å². The molecule has 0 bridgehead atoms. The average Bonchev–Trinajstić information content (AvgIpc) is 2.45. The van der Waals surface area contributed by atoms with Crippen LogP contribution < -0.4 is 5.32 Å². The molecule has 0 amide bonds. The Morgan fingerprint density at radius 1 is 0.950 bits per heavy atom. The van der Waals surface area contributed by atoms with E-state index in [2.05, 4.69) is 39.9 Å². The summed E-state index contributed by atoms with van der Waals surface area (Å²) in [4.78, 5) is 0. The molecular weight excluding hydrogens is 242 g/mol. The molecule has 0 aromatic rings. The Balaban J connectivity index is 2.36. The number of nitrogens with one attached hydrogen (secondary N) is 1. The second-order valence-corrected chi connectivity index (χ2v) is 7.69. The molecule has 120 valence electrons. The van der Waals surface area contributed by atoms with Crippen molar-refractivity contribution in [1.82, 2.24) is 5.32 Å². The molecule has 0 heterocycles. The molecule has 0 saturated heterocycles. The predicted molar refractivity (Wildman–Crippen MR) is 91.2 cm³/mol. The van der Waals surface area contributed by atoms with Crippen molar-refractivity contribution in [1.29, 1.82) is 0 Å². The summed E-state index contributed by atoms with van der Waals surface area (Å²) in [5.41, 5.74) is 0.552. The molecule has 20 heavy (non-hydrogen) atoms. The van der Waals surface area contributed by atoms with Gasteiger partial charge in [0, 0.05) is 12.1 Å². The molecule has 1 rings (SSSR count). The molecule has 0 radical (unpaired) electrons. The fourth-order valence-electron chi connectivity index (χ4n) is 3.77. The van der Waals surface area contributed by atoms with Crippen molar-refractivity contribution < 1.29 is 0 Å². The van der Waals surface area contributed by atoms with Gasteiger partial charge in [0.25, 0.3) is 0 Å². The summed E-state index contributed by atoms with van der Waals surface area (Å²) in [7, 11) is 0. The van der Waals surface area contributed by atoms with Gasteiger partial charge in [-0.15, -0.1) is 0 Å². The second-order valence-electron chi connectivity index (χ2n) is 7.69. The lowest BCUT2D eigenvalue weighted by atomic mass is 9.69. The van der Waals surface area contributed by atoms with Crippen molar-refractivity contribution >= 4 is 0 Å². The van der Waals surface area contributed by atoms with Gasteiger partial charge in [0.15, 0.2) is 0 Å². The van der Waals surface area contributed by atoms with E-state index in [4.69, 9.17) is 0 Å². The van der Waals surface area contributed by atoms with Crippen LogP contribution in [0.5, 0.6) is 0 Å². The van der Waals surface area contributed by atoms with Gasteiger partial charge in [-0.05, 0) is 49.9 Å². The van der Waals surface area contributed by atoms with E-state index >= 15 is 0 Å². The van der Waals surface area contributed by atoms with Crippen LogP contribution in [0.3, 0.4) is 0 Å². The Morgan fingerprint density at radius 2 is 1.60 bits per heavy atom. The normalized spacial score (nSPS) is 25.6. The molecule has 0 aliphatic heterocycles. The number of unbranched alkanes of at least 4 members (excludes halogenated alkanes) is 1. The highest BCUT2D eigenvalue weighted by Gasteiger charge is 2.32. The summed E-state index contributed by atoms with van der Waals surface area (Å²) in [6.07, 6.45) is 13.8. The lowest BCUT2D eigenvalue weighted by Gasteiger charge is -2.40. The van der Waals surface area contributed by atoms with Crippen LogP contribution in [-0.2, 0) is 0 Å². The first-order valence-electron chi connectivity index (χ1n) is 9.29. The average molecular weight is 282 g/mol. The van der Waals surface area contributed by atoms with Crippen LogP contribution in [0.4, 0.5) is 0 Å². The molecule has 1 nitrogen and oxygen atoms in total. The van der Waals surface area contributed by atoms with E-state index < -0.39 is 0 Å². The number of hydrogen-bond donors (Lipinski definition) is 1. The molecule has 1 aliphatic rings. The standard InChI is InChI=1S/C19H39N/c1-6-9-11-17(10-7-2)20-18-14-12-16(13-15-18)19(4,5)8-3/h16-18,20H,6-15H2,1-5H3. The van der Waals surface area contributed by atoms with Gasteiger partial charge in [0.1, 0.15) is 0 Å². The zero-order valence-electron chi connectivity index (χ0n) is 14.8. The van der Waals surface area contributed by atoms with E-state index in [9.17, 15) is 0 Å². The molecule has 1 N–H and O–H groups in total. The zero-order valence-corrected chi connectivity index (χ0v) is 14.8. The maximum absolute atomic E-state index is 3.98. The third-order valence-electron chi connectivity index (χ3n) is 5.76. The highest BCUT2D eigenvalue weighted by Crippen LogP contribution is 2.40. The minimum absolute atomic E-state index is 0.552. The molecule has 1 fully saturated rings. The molecular formula is C19H39N. The van der Waals surface area contributed by atoms with Crippen LogP contribution in [0.2, 0.25) is 0 Å². The summed E-state index contributed by atoms with van der Waals surface area (Å²) >= 11 is 0. The van der Waals surface area contributed by atoms with Gasteiger partial charge in [0.2, 0.25) is 0 Å². The number of rotatable bonds is 9. The van der Waals surface area contributed by atoms with E-state index in [1.807, 2.05) is 0 Å². The van der Waals surface area contributed by atoms with Crippen LogP contribution in [-0.4, -0.2) is 12.1 Å². The van der Waals surface area contributed by atoms with Crippen LogP contribution in [0.1, 0.15) is 98.8 Å². The Bertz CT molecular complexity index is 238. The van der Waals surface area contributed by atoms with Gasteiger partial charge in [-0.2, -0.15) is 0 Å². The molecule has 0 aromatic heterocycles. The summed E-state index contributed by atoms with van der Waals surface area (Å²) < 4.78 is 0. The third-order valence-corrected chi connectivity index (χ3v) is 5.76. The minimum Gasteiger partial charge on any atom is -0.311 e. The predicted octanol–water partition coefficient (Wildman–Crippen LogP) is 5.93. The largest absolute Gasteiger partial charge is 0.311 e. The second kappa shape index (κ2) is 9.07. The number of hydrogen-bond acceptors (Lipinski definition) is 1. The van der Waals surface area contributed by atoms with E-state index in [1.165, 1.54) is 64.2 Å². The maximum Gasteiger partial charge on any atom is 0.00698 e. The Labute approximate surface area is 128 Å². The third kappa shape index (κ3) is 5.76. The smallest absolute Gasteiger partial charge is 0.00698 e. The lowest BCUT2D eigenvalue weighted by molar-refractivity contribution is 0.132. The van der Waals surface area contributed by atoms with Crippen molar-refractivity contribution in [3.63, 3.8) is 0 Å². The van der Waals surface area contributed by atoms with Crippen molar-refractivity contribution in [2.24, 2.45) is 11.3 Å². The SMILES string of the molecule is CCCCC(CCC)NC1CCC(C(C)(C)CC)CC1. The van der Waals surface area contributed by atoms with E-state index in [-0.39, 0.29) is 0 Å².